The van der Waals surface area contributed by atoms with Gasteiger partial charge in [0.25, 0.3) is 0 Å². The van der Waals surface area contributed by atoms with Crippen molar-refractivity contribution in [3.63, 3.8) is 0 Å². The molecular formula is C22H28N8O4S. The highest BCUT2D eigenvalue weighted by Crippen LogP contribution is 2.29. The summed E-state index contributed by atoms with van der Waals surface area (Å²) in [7, 11) is -3.21. The van der Waals surface area contributed by atoms with E-state index in [1.54, 1.807) is 18.5 Å². The molecule has 0 spiro atoms. The van der Waals surface area contributed by atoms with Crippen molar-refractivity contribution in [3.05, 3.63) is 24.5 Å². The number of piperidine rings is 1. The van der Waals surface area contributed by atoms with Gasteiger partial charge in [-0.1, -0.05) is 0 Å². The van der Waals surface area contributed by atoms with Crippen molar-refractivity contribution < 1.29 is 17.9 Å². The second-order valence-corrected chi connectivity index (χ2v) is 10.9. The number of anilines is 2. The van der Waals surface area contributed by atoms with Crippen molar-refractivity contribution in [2.75, 3.05) is 56.3 Å². The number of ether oxygens (including phenoxy) is 1. The molecule has 0 unspecified atom stereocenters. The van der Waals surface area contributed by atoms with Gasteiger partial charge in [-0.05, 0) is 30.9 Å². The molecule has 2 aliphatic heterocycles. The first-order valence-corrected chi connectivity index (χ1v) is 13.4. The zero-order valence-electron chi connectivity index (χ0n) is 19.5. The fraction of sp³-hybridized carbons (Fsp3) is 0.500. The van der Waals surface area contributed by atoms with Crippen LogP contribution in [0.3, 0.4) is 0 Å². The zero-order valence-corrected chi connectivity index (χ0v) is 20.3. The lowest BCUT2D eigenvalue weighted by molar-refractivity contribution is 0.0852. The minimum Gasteiger partial charge on any atom is -0.384 e. The standard InChI is InChI=1S/C22H28N8O4S/c1-35(32,33)29-6-4-15(5-7-29)12-19(31)30-21-17(14-25-30)20(16-2-3-18(23)24-13-16)26-22(27-21)28-8-10-34-11-9-28/h2-3,13-15H,4-12H2,1H3,(H2,23,24). The number of nitrogens with two attached hydrogens (primary N) is 1. The molecule has 5 rings (SSSR count). The van der Waals surface area contributed by atoms with Gasteiger partial charge in [-0.3, -0.25) is 4.79 Å². The molecule has 13 heteroatoms. The van der Waals surface area contributed by atoms with Gasteiger partial charge in [-0.2, -0.15) is 14.8 Å². The molecule has 12 nitrogen and oxygen atoms in total. The highest BCUT2D eigenvalue weighted by atomic mass is 32.2. The van der Waals surface area contributed by atoms with Crippen molar-refractivity contribution in [3.8, 4) is 11.3 Å². The zero-order chi connectivity index (χ0) is 24.6. The minimum absolute atomic E-state index is 0.0843. The van der Waals surface area contributed by atoms with Gasteiger partial charge in [-0.15, -0.1) is 0 Å². The number of rotatable bonds is 5. The molecular weight excluding hydrogens is 472 g/mol. The van der Waals surface area contributed by atoms with Crippen LogP contribution in [-0.2, 0) is 14.8 Å². The number of fused-ring (bicyclic) bond motifs is 1. The van der Waals surface area contributed by atoms with Crippen LogP contribution in [-0.4, -0.2) is 89.0 Å². The largest absolute Gasteiger partial charge is 0.384 e. The van der Waals surface area contributed by atoms with Crippen LogP contribution in [0.15, 0.2) is 24.5 Å². The molecule has 35 heavy (non-hydrogen) atoms. The molecule has 0 amide bonds. The van der Waals surface area contributed by atoms with Crippen molar-refractivity contribution in [2.24, 2.45) is 5.92 Å². The predicted molar refractivity (Wildman–Crippen MR) is 130 cm³/mol. The average Bonchev–Trinajstić information content (AvgIpc) is 3.29. The maximum atomic E-state index is 13.3. The summed E-state index contributed by atoms with van der Waals surface area (Å²) >= 11 is 0. The third kappa shape index (κ3) is 4.97. The van der Waals surface area contributed by atoms with Gasteiger partial charge in [0.2, 0.25) is 21.9 Å². The van der Waals surface area contributed by atoms with E-state index in [2.05, 4.69) is 10.1 Å². The van der Waals surface area contributed by atoms with Crippen LogP contribution >= 0.6 is 0 Å². The smallest absolute Gasteiger partial charge is 0.249 e. The van der Waals surface area contributed by atoms with E-state index < -0.39 is 10.0 Å². The number of nitrogen functional groups attached to an aromatic ring is 1. The maximum Gasteiger partial charge on any atom is 0.249 e. The van der Waals surface area contributed by atoms with Crippen LogP contribution in [0, 0.1) is 5.92 Å². The van der Waals surface area contributed by atoms with Crippen LogP contribution in [0.2, 0.25) is 0 Å². The van der Waals surface area contributed by atoms with Crippen molar-refractivity contribution >= 4 is 38.7 Å². The van der Waals surface area contributed by atoms with E-state index in [4.69, 9.17) is 20.4 Å². The van der Waals surface area contributed by atoms with E-state index >= 15 is 0 Å². The molecule has 3 aromatic heterocycles. The number of carbonyl (C=O) groups is 1. The van der Waals surface area contributed by atoms with E-state index in [0.29, 0.717) is 80.7 Å². The summed E-state index contributed by atoms with van der Waals surface area (Å²) in [5, 5.41) is 5.02. The van der Waals surface area contributed by atoms with E-state index in [-0.39, 0.29) is 18.2 Å². The van der Waals surface area contributed by atoms with E-state index in [9.17, 15) is 13.2 Å². The molecule has 5 heterocycles. The summed E-state index contributed by atoms with van der Waals surface area (Å²) in [6.07, 6.45) is 6.00. The van der Waals surface area contributed by atoms with Crippen molar-refractivity contribution in [1.82, 2.24) is 29.0 Å². The number of pyridine rings is 1. The number of aromatic nitrogens is 5. The topological polar surface area (TPSA) is 149 Å². The van der Waals surface area contributed by atoms with Gasteiger partial charge in [-0.25, -0.2) is 22.7 Å². The Hall–Kier alpha value is -3.16. The molecule has 2 N–H and O–H groups in total. The SMILES string of the molecule is CS(=O)(=O)N1CCC(CC(=O)n2ncc3c(-c4ccc(N)nc4)nc(N4CCOCC4)nc32)CC1. The Labute approximate surface area is 203 Å². The number of sulfonamides is 1. The number of hydrogen-bond donors (Lipinski definition) is 1. The Morgan fingerprint density at radius 2 is 1.86 bits per heavy atom. The minimum atomic E-state index is -3.21. The lowest BCUT2D eigenvalue weighted by Crippen LogP contribution is -2.38. The molecule has 0 bridgehead atoms. The van der Waals surface area contributed by atoms with Gasteiger partial charge in [0.1, 0.15) is 5.82 Å². The molecule has 3 aromatic rings. The van der Waals surface area contributed by atoms with Crippen molar-refractivity contribution in [1.29, 1.82) is 0 Å². The number of carbonyl (C=O) groups excluding carboxylic acids is 1. The normalized spacial score (nSPS) is 18.3. The van der Waals surface area contributed by atoms with Crippen molar-refractivity contribution in [2.45, 2.75) is 19.3 Å². The third-order valence-electron chi connectivity index (χ3n) is 6.51. The van der Waals surface area contributed by atoms with Crippen LogP contribution < -0.4 is 10.6 Å². The lowest BCUT2D eigenvalue weighted by atomic mass is 9.94. The summed E-state index contributed by atoms with van der Waals surface area (Å²) in [4.78, 5) is 29.0. The predicted octanol–water partition coefficient (Wildman–Crippen LogP) is 1.01. The van der Waals surface area contributed by atoms with E-state index in [1.807, 2.05) is 11.0 Å². The third-order valence-corrected chi connectivity index (χ3v) is 7.82. The Morgan fingerprint density at radius 3 is 2.51 bits per heavy atom. The second-order valence-electron chi connectivity index (χ2n) is 8.94. The molecule has 0 saturated carbocycles. The molecule has 2 saturated heterocycles. The number of morpholine rings is 1. The van der Waals surface area contributed by atoms with Crippen LogP contribution in [0.1, 0.15) is 24.1 Å². The number of hydrogen-bond acceptors (Lipinski definition) is 10. The van der Waals surface area contributed by atoms with Gasteiger partial charge >= 0.3 is 0 Å². The highest BCUT2D eigenvalue weighted by molar-refractivity contribution is 7.88. The first kappa shape index (κ1) is 23.6. The fourth-order valence-corrected chi connectivity index (χ4v) is 5.40. The molecule has 2 fully saturated rings. The summed E-state index contributed by atoms with van der Waals surface area (Å²) in [6.45, 7) is 3.29. The summed E-state index contributed by atoms with van der Waals surface area (Å²) in [5.74, 6) is 0.816. The van der Waals surface area contributed by atoms with Gasteiger partial charge < -0.3 is 15.4 Å². The molecule has 186 valence electrons. The monoisotopic (exact) mass is 500 g/mol. The van der Waals surface area contributed by atoms with Gasteiger partial charge in [0.15, 0.2) is 5.65 Å². The second kappa shape index (κ2) is 9.47. The highest BCUT2D eigenvalue weighted by Gasteiger charge is 2.28. The van der Waals surface area contributed by atoms with Gasteiger partial charge in [0.05, 0.1) is 36.7 Å². The Bertz CT molecular complexity index is 1330. The maximum absolute atomic E-state index is 13.3. The summed E-state index contributed by atoms with van der Waals surface area (Å²) in [6, 6.07) is 3.54. The number of nitrogens with zero attached hydrogens (tertiary/aromatic N) is 7. The van der Waals surface area contributed by atoms with Gasteiger partial charge in [0, 0.05) is 44.4 Å². The van der Waals surface area contributed by atoms with E-state index in [1.165, 1.54) is 15.2 Å². The molecule has 2 aliphatic rings. The van der Waals surface area contributed by atoms with Crippen LogP contribution in [0.4, 0.5) is 11.8 Å². The molecule has 0 aromatic carbocycles. The molecule has 0 aliphatic carbocycles. The molecule has 0 atom stereocenters. The Kier molecular flexibility index (Phi) is 6.38. The molecule has 0 radical (unpaired) electrons. The Balaban J connectivity index is 1.46. The quantitative estimate of drug-likeness (QED) is 0.538. The van der Waals surface area contributed by atoms with E-state index in [0.717, 1.165) is 5.56 Å². The Morgan fingerprint density at radius 1 is 1.11 bits per heavy atom. The average molecular weight is 501 g/mol. The first-order chi connectivity index (χ1) is 16.8. The lowest BCUT2D eigenvalue weighted by Gasteiger charge is -2.29. The fourth-order valence-electron chi connectivity index (χ4n) is 4.53. The summed E-state index contributed by atoms with van der Waals surface area (Å²) < 4.78 is 31.8. The summed E-state index contributed by atoms with van der Waals surface area (Å²) in [5.41, 5.74) is 7.58. The first-order valence-electron chi connectivity index (χ1n) is 11.6. The van der Waals surface area contributed by atoms with Crippen LogP contribution in [0.5, 0.6) is 0 Å². The van der Waals surface area contributed by atoms with Crippen LogP contribution in [0.25, 0.3) is 22.3 Å².